The highest BCUT2D eigenvalue weighted by Gasteiger charge is 2.14. The van der Waals surface area contributed by atoms with Gasteiger partial charge >= 0.3 is 5.97 Å². The number of rotatable bonds is 12. The topological polar surface area (TPSA) is 101 Å². The Hall–Kier alpha value is -2.13. The van der Waals surface area contributed by atoms with Gasteiger partial charge in [0.2, 0.25) is 5.91 Å². The normalized spacial score (nSPS) is 13.9. The molecule has 9 heteroatoms. The summed E-state index contributed by atoms with van der Waals surface area (Å²) in [6.45, 7) is 1.11. The van der Waals surface area contributed by atoms with Crippen LogP contribution in [0.2, 0.25) is 0 Å². The summed E-state index contributed by atoms with van der Waals surface area (Å²) >= 11 is 2.64. The van der Waals surface area contributed by atoms with Crippen molar-refractivity contribution in [2.75, 3.05) is 12.3 Å². The predicted octanol–water partition coefficient (Wildman–Crippen LogP) is 4.20. The van der Waals surface area contributed by atoms with Crippen LogP contribution in [0.15, 0.2) is 33.0 Å². The zero-order valence-electron chi connectivity index (χ0n) is 17.6. The molecule has 3 rings (SSSR count). The summed E-state index contributed by atoms with van der Waals surface area (Å²) in [6, 6.07) is 1.82. The fraction of sp³-hybridized carbons (Fsp3) is 0.545. The van der Waals surface area contributed by atoms with Crippen LogP contribution in [0.4, 0.5) is 0 Å². The summed E-state index contributed by atoms with van der Waals surface area (Å²) < 4.78 is 2.24. The van der Waals surface area contributed by atoms with E-state index in [-0.39, 0.29) is 23.6 Å². The van der Waals surface area contributed by atoms with Crippen molar-refractivity contribution in [3.8, 4) is 0 Å². The van der Waals surface area contributed by atoms with Gasteiger partial charge in [-0.25, -0.2) is 4.98 Å². The number of amides is 1. The van der Waals surface area contributed by atoms with E-state index in [1.807, 2.05) is 11.4 Å². The number of nitrogens with one attached hydrogen (secondary N) is 1. The number of nitrogens with zero attached hydrogens (tertiary/aromatic N) is 2. The van der Waals surface area contributed by atoms with Gasteiger partial charge in [0.25, 0.3) is 5.56 Å². The minimum Gasteiger partial charge on any atom is -0.481 e. The van der Waals surface area contributed by atoms with Gasteiger partial charge < -0.3 is 10.4 Å². The Morgan fingerprint density at radius 2 is 2.13 bits per heavy atom. The molecule has 2 N–H and O–H groups in total. The van der Waals surface area contributed by atoms with Crippen LogP contribution in [0.25, 0.3) is 10.2 Å². The summed E-state index contributed by atoms with van der Waals surface area (Å²) in [5, 5.41) is 14.1. The van der Waals surface area contributed by atoms with Crippen molar-refractivity contribution >= 4 is 45.2 Å². The van der Waals surface area contributed by atoms with Gasteiger partial charge in [-0.3, -0.25) is 19.0 Å². The average molecular weight is 464 g/mol. The first-order valence-electron chi connectivity index (χ1n) is 10.8. The number of carbonyl (C=O) groups is 2. The number of unbranched alkanes of at least 4 members (excludes halogenated alkanes) is 2. The molecule has 0 unspecified atom stereocenters. The van der Waals surface area contributed by atoms with E-state index in [9.17, 15) is 14.4 Å². The zero-order valence-corrected chi connectivity index (χ0v) is 19.2. The van der Waals surface area contributed by atoms with Crippen LogP contribution < -0.4 is 10.9 Å². The van der Waals surface area contributed by atoms with Crippen molar-refractivity contribution in [1.29, 1.82) is 0 Å². The summed E-state index contributed by atoms with van der Waals surface area (Å²) in [5.41, 5.74) is 2.00. The van der Waals surface area contributed by atoms with Crippen molar-refractivity contribution in [1.82, 2.24) is 14.9 Å². The first-order valence-corrected chi connectivity index (χ1v) is 12.7. The number of thioether (sulfide) groups is 1. The van der Waals surface area contributed by atoms with E-state index in [1.54, 1.807) is 4.57 Å². The van der Waals surface area contributed by atoms with Gasteiger partial charge in [0, 0.05) is 19.5 Å². The first-order chi connectivity index (χ1) is 15.0. The van der Waals surface area contributed by atoms with Crippen molar-refractivity contribution in [3.63, 3.8) is 0 Å². The number of hydrogen-bond acceptors (Lipinski definition) is 6. The molecular weight excluding hydrogens is 434 g/mol. The van der Waals surface area contributed by atoms with E-state index in [0.717, 1.165) is 25.7 Å². The number of carboxylic acids is 1. The molecule has 7 nitrogen and oxygen atoms in total. The second-order valence-corrected chi connectivity index (χ2v) is 9.55. The SMILES string of the molecule is O=C(O)CCCCCn1c(SCC(=O)NCCC2=CCCCC2)nc2ccsc2c1=O. The highest BCUT2D eigenvalue weighted by molar-refractivity contribution is 7.99. The van der Waals surface area contributed by atoms with Crippen LogP contribution in [0.5, 0.6) is 0 Å². The van der Waals surface area contributed by atoms with Gasteiger partial charge in [-0.15, -0.1) is 11.3 Å². The maximum absolute atomic E-state index is 12.9. The lowest BCUT2D eigenvalue weighted by Crippen LogP contribution is -2.28. The van der Waals surface area contributed by atoms with Gasteiger partial charge in [-0.05, 0) is 56.4 Å². The summed E-state index contributed by atoms with van der Waals surface area (Å²) in [6.07, 6.45) is 10.1. The molecule has 0 aromatic carbocycles. The maximum Gasteiger partial charge on any atom is 0.303 e. The Bertz CT molecular complexity index is 996. The van der Waals surface area contributed by atoms with E-state index in [4.69, 9.17) is 5.11 Å². The fourth-order valence-electron chi connectivity index (χ4n) is 3.63. The monoisotopic (exact) mass is 463 g/mol. The number of carbonyl (C=O) groups excluding carboxylic acids is 1. The van der Waals surface area contributed by atoms with Gasteiger partial charge in [-0.2, -0.15) is 0 Å². The second-order valence-electron chi connectivity index (χ2n) is 7.69. The third-order valence-corrected chi connectivity index (χ3v) is 7.16. The molecule has 0 atom stereocenters. The lowest BCUT2D eigenvalue weighted by Gasteiger charge is -2.13. The Balaban J connectivity index is 1.56. The Kier molecular flexibility index (Phi) is 9.14. The van der Waals surface area contributed by atoms with Gasteiger partial charge in [0.05, 0.1) is 11.3 Å². The molecule has 0 radical (unpaired) electrons. The Morgan fingerprint density at radius 3 is 2.90 bits per heavy atom. The van der Waals surface area contributed by atoms with Crippen molar-refractivity contribution in [2.45, 2.75) is 69.5 Å². The highest BCUT2D eigenvalue weighted by atomic mass is 32.2. The Morgan fingerprint density at radius 1 is 1.26 bits per heavy atom. The molecular formula is C22H29N3O4S2. The van der Waals surface area contributed by atoms with Crippen LogP contribution in [0.3, 0.4) is 0 Å². The molecule has 1 aliphatic rings. The highest BCUT2D eigenvalue weighted by Crippen LogP contribution is 2.22. The lowest BCUT2D eigenvalue weighted by atomic mass is 9.97. The predicted molar refractivity (Wildman–Crippen MR) is 125 cm³/mol. The van der Waals surface area contributed by atoms with E-state index in [2.05, 4.69) is 16.4 Å². The number of aromatic nitrogens is 2. The second kappa shape index (κ2) is 12.0. The molecule has 31 heavy (non-hydrogen) atoms. The molecule has 2 heterocycles. The lowest BCUT2D eigenvalue weighted by molar-refractivity contribution is -0.137. The molecule has 2 aromatic rings. The van der Waals surface area contributed by atoms with E-state index in [0.29, 0.717) is 41.3 Å². The molecule has 0 spiro atoms. The molecule has 0 bridgehead atoms. The molecule has 0 saturated heterocycles. The minimum atomic E-state index is -0.805. The van der Waals surface area contributed by atoms with Crippen LogP contribution in [0.1, 0.15) is 57.8 Å². The molecule has 0 saturated carbocycles. The number of carboxylic acid groups (broad SMARTS) is 1. The van der Waals surface area contributed by atoms with Gasteiger partial charge in [-0.1, -0.05) is 29.8 Å². The average Bonchev–Trinajstić information content (AvgIpc) is 3.23. The minimum absolute atomic E-state index is 0.0610. The summed E-state index contributed by atoms with van der Waals surface area (Å²) in [4.78, 5) is 40.5. The van der Waals surface area contributed by atoms with E-state index < -0.39 is 5.97 Å². The third kappa shape index (κ3) is 7.21. The van der Waals surface area contributed by atoms with Crippen LogP contribution in [-0.2, 0) is 16.1 Å². The molecule has 1 amide bonds. The standard InChI is InChI=1S/C22H29N3O4S2/c26-18(23-12-10-16-7-3-1-4-8-16)15-31-22-24-17-11-14-30-20(17)21(29)25(22)13-6-2-5-9-19(27)28/h7,11,14H,1-6,8-10,12-13,15H2,(H,23,26)(H,27,28). The smallest absolute Gasteiger partial charge is 0.303 e. The fourth-order valence-corrected chi connectivity index (χ4v) is 5.26. The van der Waals surface area contributed by atoms with Crippen molar-refractivity contribution < 1.29 is 14.7 Å². The van der Waals surface area contributed by atoms with Crippen LogP contribution >= 0.6 is 23.1 Å². The van der Waals surface area contributed by atoms with Crippen molar-refractivity contribution in [2.24, 2.45) is 0 Å². The molecule has 0 fully saturated rings. The summed E-state index contributed by atoms with van der Waals surface area (Å²) in [5.74, 6) is -0.657. The first kappa shape index (κ1) is 23.5. The number of fused-ring (bicyclic) bond motifs is 1. The number of hydrogen-bond donors (Lipinski definition) is 2. The maximum atomic E-state index is 12.9. The third-order valence-electron chi connectivity index (χ3n) is 5.29. The van der Waals surface area contributed by atoms with E-state index in [1.165, 1.54) is 41.5 Å². The molecule has 2 aromatic heterocycles. The van der Waals surface area contributed by atoms with Crippen LogP contribution in [0, 0.1) is 0 Å². The van der Waals surface area contributed by atoms with Gasteiger partial charge in [0.15, 0.2) is 5.16 Å². The number of allylic oxidation sites excluding steroid dienone is 1. The number of aliphatic carboxylic acids is 1. The molecule has 1 aliphatic carbocycles. The molecule has 0 aliphatic heterocycles. The molecule has 168 valence electrons. The van der Waals surface area contributed by atoms with Crippen molar-refractivity contribution in [3.05, 3.63) is 33.4 Å². The van der Waals surface area contributed by atoms with Gasteiger partial charge in [0.1, 0.15) is 4.70 Å². The summed E-state index contributed by atoms with van der Waals surface area (Å²) in [7, 11) is 0. The van der Waals surface area contributed by atoms with Crippen LogP contribution in [-0.4, -0.2) is 38.8 Å². The quantitative estimate of drug-likeness (QED) is 0.212. The largest absolute Gasteiger partial charge is 0.481 e. The van der Waals surface area contributed by atoms with E-state index >= 15 is 0 Å². The Labute approximate surface area is 189 Å². The number of thiophene rings is 1. The zero-order chi connectivity index (χ0) is 22.1.